The maximum absolute atomic E-state index is 10.8. The fourth-order valence-corrected chi connectivity index (χ4v) is 2.47. The number of nitrogens with two attached hydrogens (primary N) is 1. The highest BCUT2D eigenvalue weighted by atomic mass is 16.6. The molecule has 1 aliphatic rings. The molecular weight excluding hydrogens is 218 g/mol. The molecule has 2 rings (SSSR count). The van der Waals surface area contributed by atoms with E-state index in [1.165, 1.54) is 6.07 Å². The Morgan fingerprint density at radius 3 is 2.65 bits per heavy atom. The van der Waals surface area contributed by atoms with Gasteiger partial charge in [-0.3, -0.25) is 10.1 Å². The van der Waals surface area contributed by atoms with Gasteiger partial charge >= 0.3 is 0 Å². The van der Waals surface area contributed by atoms with Gasteiger partial charge in [0.1, 0.15) is 0 Å². The molecule has 0 saturated carbocycles. The second-order valence-electron chi connectivity index (χ2n) is 5.11. The van der Waals surface area contributed by atoms with Gasteiger partial charge in [-0.15, -0.1) is 0 Å². The van der Waals surface area contributed by atoms with Crippen molar-refractivity contribution in [3.8, 4) is 0 Å². The molecule has 0 atom stereocenters. The zero-order valence-electron chi connectivity index (χ0n) is 10.1. The summed E-state index contributed by atoms with van der Waals surface area (Å²) in [6.45, 7) is 5.22. The predicted molar refractivity (Wildman–Crippen MR) is 68.2 cm³/mol. The van der Waals surface area contributed by atoms with E-state index in [1.54, 1.807) is 12.1 Å². The lowest BCUT2D eigenvalue weighted by Crippen LogP contribution is -2.38. The quantitative estimate of drug-likeness (QED) is 0.485. The molecule has 1 aromatic rings. The zero-order chi connectivity index (χ0) is 12.6. The van der Waals surface area contributed by atoms with Crippen LogP contribution in [0.25, 0.3) is 0 Å². The number of benzene rings is 1. The summed E-state index contributed by atoms with van der Waals surface area (Å²) in [6, 6.07) is 4.80. The number of anilines is 2. The first kappa shape index (κ1) is 11.7. The fraction of sp³-hybridized carbons (Fsp3) is 0.500. The summed E-state index contributed by atoms with van der Waals surface area (Å²) < 4.78 is 0. The number of rotatable bonds is 2. The Morgan fingerprint density at radius 2 is 2.12 bits per heavy atom. The highest BCUT2D eigenvalue weighted by Gasteiger charge is 2.32. The summed E-state index contributed by atoms with van der Waals surface area (Å²) in [6.07, 6.45) is 2.20. The maximum Gasteiger partial charge on any atom is 0.273 e. The van der Waals surface area contributed by atoms with Crippen LogP contribution < -0.4 is 10.6 Å². The Morgan fingerprint density at radius 1 is 1.41 bits per heavy atom. The molecule has 5 heteroatoms. The lowest BCUT2D eigenvalue weighted by atomic mass is 10.0. The minimum Gasteiger partial charge on any atom is -0.398 e. The summed E-state index contributed by atoms with van der Waals surface area (Å²) >= 11 is 0. The maximum atomic E-state index is 10.8. The summed E-state index contributed by atoms with van der Waals surface area (Å²) in [5.74, 6) is 0. The number of nitro groups is 1. The topological polar surface area (TPSA) is 72.4 Å². The normalized spacial score (nSPS) is 18.4. The van der Waals surface area contributed by atoms with Crippen molar-refractivity contribution in [2.24, 2.45) is 0 Å². The first-order valence-corrected chi connectivity index (χ1v) is 5.73. The molecule has 2 N–H and O–H groups in total. The molecule has 0 aromatic heterocycles. The molecular formula is C12H17N3O2. The molecule has 1 heterocycles. The van der Waals surface area contributed by atoms with E-state index in [-0.39, 0.29) is 11.2 Å². The van der Waals surface area contributed by atoms with Gasteiger partial charge in [-0.05, 0) is 32.8 Å². The Balaban J connectivity index is 2.42. The molecule has 17 heavy (non-hydrogen) atoms. The predicted octanol–water partition coefficient (Wildman–Crippen LogP) is 2.56. The third kappa shape index (κ3) is 2.18. The summed E-state index contributed by atoms with van der Waals surface area (Å²) in [5, 5.41) is 10.8. The molecule has 0 spiro atoms. The average Bonchev–Trinajstić information content (AvgIpc) is 2.57. The number of nitrogen functional groups attached to an aromatic ring is 1. The van der Waals surface area contributed by atoms with Crippen molar-refractivity contribution in [1.29, 1.82) is 0 Å². The van der Waals surface area contributed by atoms with Crippen molar-refractivity contribution in [3.05, 3.63) is 28.3 Å². The van der Waals surface area contributed by atoms with Gasteiger partial charge in [0.25, 0.3) is 5.69 Å². The minimum atomic E-state index is -0.400. The summed E-state index contributed by atoms with van der Waals surface area (Å²) in [5.41, 5.74) is 7.11. The number of non-ortho nitro benzene ring substituents is 1. The molecule has 0 unspecified atom stereocenters. The van der Waals surface area contributed by atoms with Crippen LogP contribution in [0.3, 0.4) is 0 Å². The third-order valence-corrected chi connectivity index (χ3v) is 3.35. The van der Waals surface area contributed by atoms with Crippen LogP contribution in [0, 0.1) is 10.1 Å². The van der Waals surface area contributed by atoms with Crippen molar-refractivity contribution in [2.75, 3.05) is 17.2 Å². The standard InChI is InChI=1S/C12H17N3O2/c1-12(2)4-3-5-14(12)10-6-9(13)7-11(8-10)15(16)17/h6-8H,3-5,13H2,1-2H3. The van der Waals surface area contributed by atoms with Gasteiger partial charge in [-0.2, -0.15) is 0 Å². The fourth-order valence-electron chi connectivity index (χ4n) is 2.47. The smallest absolute Gasteiger partial charge is 0.273 e. The average molecular weight is 235 g/mol. The molecule has 0 bridgehead atoms. The van der Waals surface area contributed by atoms with Gasteiger partial charge < -0.3 is 10.6 Å². The van der Waals surface area contributed by atoms with Crippen LogP contribution in [0.4, 0.5) is 17.1 Å². The van der Waals surface area contributed by atoms with Gasteiger partial charge in [0.2, 0.25) is 0 Å². The highest BCUT2D eigenvalue weighted by Crippen LogP contribution is 2.36. The number of hydrogen-bond acceptors (Lipinski definition) is 4. The molecule has 92 valence electrons. The van der Waals surface area contributed by atoms with Gasteiger partial charge in [-0.1, -0.05) is 0 Å². The highest BCUT2D eigenvalue weighted by molar-refractivity contribution is 5.64. The van der Waals surface area contributed by atoms with E-state index in [0.717, 1.165) is 25.1 Å². The van der Waals surface area contributed by atoms with Crippen LogP contribution in [-0.2, 0) is 0 Å². The van der Waals surface area contributed by atoms with Crippen LogP contribution in [0.5, 0.6) is 0 Å². The number of nitrogens with zero attached hydrogens (tertiary/aromatic N) is 2. The van der Waals surface area contributed by atoms with Crippen molar-refractivity contribution in [3.63, 3.8) is 0 Å². The zero-order valence-corrected chi connectivity index (χ0v) is 10.1. The van der Waals surface area contributed by atoms with Crippen molar-refractivity contribution < 1.29 is 4.92 Å². The van der Waals surface area contributed by atoms with Gasteiger partial charge in [0.05, 0.1) is 4.92 Å². The third-order valence-electron chi connectivity index (χ3n) is 3.35. The molecule has 0 aliphatic carbocycles. The van der Waals surface area contributed by atoms with Crippen molar-refractivity contribution in [1.82, 2.24) is 0 Å². The molecule has 0 amide bonds. The summed E-state index contributed by atoms with van der Waals surface area (Å²) in [4.78, 5) is 12.6. The Kier molecular flexibility index (Phi) is 2.69. The molecule has 1 fully saturated rings. The van der Waals surface area contributed by atoms with E-state index in [1.807, 2.05) is 0 Å². The van der Waals surface area contributed by atoms with E-state index in [9.17, 15) is 10.1 Å². The second-order valence-corrected chi connectivity index (χ2v) is 5.11. The van der Waals surface area contributed by atoms with Crippen LogP contribution >= 0.6 is 0 Å². The molecule has 5 nitrogen and oxygen atoms in total. The van der Waals surface area contributed by atoms with E-state index >= 15 is 0 Å². The second kappa shape index (κ2) is 3.91. The van der Waals surface area contributed by atoms with Gasteiger partial charge in [0, 0.05) is 35.6 Å². The Hall–Kier alpha value is -1.78. The first-order valence-electron chi connectivity index (χ1n) is 5.73. The summed E-state index contributed by atoms with van der Waals surface area (Å²) in [7, 11) is 0. The van der Waals surface area contributed by atoms with E-state index < -0.39 is 4.92 Å². The van der Waals surface area contributed by atoms with Crippen molar-refractivity contribution in [2.45, 2.75) is 32.2 Å². The van der Waals surface area contributed by atoms with Crippen LogP contribution in [-0.4, -0.2) is 17.0 Å². The van der Waals surface area contributed by atoms with E-state index in [0.29, 0.717) is 5.69 Å². The van der Waals surface area contributed by atoms with Gasteiger partial charge in [-0.25, -0.2) is 0 Å². The van der Waals surface area contributed by atoms with Crippen molar-refractivity contribution >= 4 is 17.1 Å². The molecule has 0 radical (unpaired) electrons. The minimum absolute atomic E-state index is 0.0433. The van der Waals surface area contributed by atoms with Crippen LogP contribution in [0.15, 0.2) is 18.2 Å². The largest absolute Gasteiger partial charge is 0.398 e. The first-order chi connectivity index (χ1) is 7.90. The number of nitro benzene ring substituents is 1. The van der Waals surface area contributed by atoms with Crippen LogP contribution in [0.1, 0.15) is 26.7 Å². The molecule has 1 saturated heterocycles. The Labute approximate surface area is 100 Å². The van der Waals surface area contributed by atoms with Gasteiger partial charge in [0.15, 0.2) is 0 Å². The van der Waals surface area contributed by atoms with Crippen LogP contribution in [0.2, 0.25) is 0 Å². The van der Waals surface area contributed by atoms with E-state index in [2.05, 4.69) is 18.7 Å². The van der Waals surface area contributed by atoms with E-state index in [4.69, 9.17) is 5.73 Å². The monoisotopic (exact) mass is 235 g/mol. The molecule has 1 aliphatic heterocycles. The SMILES string of the molecule is CC1(C)CCCN1c1cc(N)cc([N+](=O)[O-])c1. The molecule has 1 aromatic carbocycles. The lowest BCUT2D eigenvalue weighted by Gasteiger charge is -2.33. The number of hydrogen-bond donors (Lipinski definition) is 1. The Bertz CT molecular complexity index is 457. The lowest BCUT2D eigenvalue weighted by molar-refractivity contribution is -0.384.